The Hall–Kier alpha value is -2.36. The average molecular weight is 241 g/mol. The fraction of sp³-hybridized carbons (Fsp3) is 0.143. The first kappa shape index (κ1) is 12.1. The molecule has 4 nitrogen and oxygen atoms in total. The number of hydrogen-bond acceptors (Lipinski definition) is 3. The van der Waals surface area contributed by atoms with Crippen LogP contribution in [0.15, 0.2) is 42.5 Å². The summed E-state index contributed by atoms with van der Waals surface area (Å²) in [6.07, 6.45) is 0. The van der Waals surface area contributed by atoms with Crippen molar-refractivity contribution in [2.24, 2.45) is 0 Å². The highest BCUT2D eigenvalue weighted by Gasteiger charge is 2.09. The molecule has 0 atom stereocenters. The number of nitrogens with one attached hydrogen (secondary N) is 1. The van der Waals surface area contributed by atoms with E-state index < -0.39 is 0 Å². The summed E-state index contributed by atoms with van der Waals surface area (Å²) in [7, 11) is 0. The van der Waals surface area contributed by atoms with Gasteiger partial charge < -0.3 is 11.1 Å². The zero-order valence-corrected chi connectivity index (χ0v) is 10.2. The number of carbonyl (C=O) groups excluding carboxylic acids is 1. The van der Waals surface area contributed by atoms with E-state index in [2.05, 4.69) is 16.9 Å². The quantitative estimate of drug-likeness (QED) is 0.809. The van der Waals surface area contributed by atoms with E-state index in [-0.39, 0.29) is 5.91 Å². The molecule has 92 valence electrons. The standard InChI is InChI=1S/C14H15N3O/c1-9(2)8-16-14(18)13-7-11(15)10-5-3-4-6-12(10)17-13/h3-7H,1,8H2,2H3,(H2,15,17)(H,16,18). The number of aromatic nitrogens is 1. The Labute approximate surface area is 106 Å². The number of anilines is 1. The lowest BCUT2D eigenvalue weighted by atomic mass is 10.1. The van der Waals surface area contributed by atoms with Crippen LogP contribution in [0.4, 0.5) is 5.69 Å². The topological polar surface area (TPSA) is 68.0 Å². The first-order valence-corrected chi connectivity index (χ1v) is 5.66. The van der Waals surface area contributed by atoms with Gasteiger partial charge in [0, 0.05) is 17.6 Å². The minimum absolute atomic E-state index is 0.240. The van der Waals surface area contributed by atoms with Gasteiger partial charge in [0.15, 0.2) is 0 Å². The molecule has 2 rings (SSSR count). The highest BCUT2D eigenvalue weighted by atomic mass is 16.1. The number of hydrogen-bond donors (Lipinski definition) is 2. The molecule has 0 bridgehead atoms. The number of carbonyl (C=O) groups is 1. The largest absolute Gasteiger partial charge is 0.398 e. The average Bonchev–Trinajstić information content (AvgIpc) is 2.36. The Morgan fingerprint density at radius 1 is 1.44 bits per heavy atom. The van der Waals surface area contributed by atoms with Gasteiger partial charge in [-0.05, 0) is 19.1 Å². The summed E-state index contributed by atoms with van der Waals surface area (Å²) in [6.45, 7) is 6.02. The van der Waals surface area contributed by atoms with Crippen molar-refractivity contribution in [2.45, 2.75) is 6.92 Å². The number of fused-ring (bicyclic) bond motifs is 1. The van der Waals surface area contributed by atoms with Crippen molar-refractivity contribution >= 4 is 22.5 Å². The predicted octanol–water partition coefficient (Wildman–Crippen LogP) is 2.12. The van der Waals surface area contributed by atoms with Crippen LogP contribution in [0.5, 0.6) is 0 Å². The van der Waals surface area contributed by atoms with Crippen molar-refractivity contribution in [3.63, 3.8) is 0 Å². The molecule has 1 heterocycles. The fourth-order valence-electron chi connectivity index (χ4n) is 1.64. The second-order valence-electron chi connectivity index (χ2n) is 4.25. The Kier molecular flexibility index (Phi) is 3.28. The predicted molar refractivity (Wildman–Crippen MR) is 73.3 cm³/mol. The first-order valence-electron chi connectivity index (χ1n) is 5.66. The first-order chi connectivity index (χ1) is 8.58. The molecule has 0 aliphatic rings. The van der Waals surface area contributed by atoms with E-state index in [9.17, 15) is 4.79 Å². The highest BCUT2D eigenvalue weighted by molar-refractivity contribution is 5.99. The summed E-state index contributed by atoms with van der Waals surface area (Å²) in [5.74, 6) is -0.240. The molecule has 0 aliphatic carbocycles. The van der Waals surface area contributed by atoms with Gasteiger partial charge in [-0.25, -0.2) is 4.98 Å². The summed E-state index contributed by atoms with van der Waals surface area (Å²) < 4.78 is 0. The molecular formula is C14H15N3O. The molecule has 0 saturated carbocycles. The monoisotopic (exact) mass is 241 g/mol. The minimum Gasteiger partial charge on any atom is -0.398 e. The summed E-state index contributed by atoms with van der Waals surface area (Å²) in [6, 6.07) is 9.07. The van der Waals surface area contributed by atoms with E-state index >= 15 is 0 Å². The SMILES string of the molecule is C=C(C)CNC(=O)c1cc(N)c2ccccc2n1. The maximum absolute atomic E-state index is 11.9. The Morgan fingerprint density at radius 2 is 2.17 bits per heavy atom. The van der Waals surface area contributed by atoms with E-state index in [0.717, 1.165) is 16.5 Å². The van der Waals surface area contributed by atoms with Gasteiger partial charge in [-0.2, -0.15) is 0 Å². The van der Waals surface area contributed by atoms with Crippen LogP contribution in [0.2, 0.25) is 0 Å². The van der Waals surface area contributed by atoms with Crippen molar-refractivity contribution in [2.75, 3.05) is 12.3 Å². The normalized spacial score (nSPS) is 10.3. The number of benzene rings is 1. The Balaban J connectivity index is 2.34. The number of amides is 1. The lowest BCUT2D eigenvalue weighted by Gasteiger charge is -2.07. The Bertz CT molecular complexity index is 619. The van der Waals surface area contributed by atoms with Gasteiger partial charge in [-0.3, -0.25) is 4.79 Å². The minimum atomic E-state index is -0.240. The van der Waals surface area contributed by atoms with Crippen LogP contribution >= 0.6 is 0 Å². The van der Waals surface area contributed by atoms with Crippen LogP contribution in [0.3, 0.4) is 0 Å². The molecule has 0 spiro atoms. The van der Waals surface area contributed by atoms with Crippen LogP contribution in [0.1, 0.15) is 17.4 Å². The molecular weight excluding hydrogens is 226 g/mol. The number of nitrogens with zero attached hydrogens (tertiary/aromatic N) is 1. The van der Waals surface area contributed by atoms with Gasteiger partial charge in [0.1, 0.15) is 5.69 Å². The third-order valence-electron chi connectivity index (χ3n) is 2.53. The van der Waals surface area contributed by atoms with Gasteiger partial charge in [-0.15, -0.1) is 0 Å². The van der Waals surface area contributed by atoms with E-state index in [1.807, 2.05) is 31.2 Å². The molecule has 0 fully saturated rings. The van der Waals surface area contributed by atoms with Gasteiger partial charge in [0.25, 0.3) is 5.91 Å². The zero-order chi connectivity index (χ0) is 13.1. The van der Waals surface area contributed by atoms with Crippen molar-refractivity contribution in [3.8, 4) is 0 Å². The second kappa shape index (κ2) is 4.87. The number of pyridine rings is 1. The highest BCUT2D eigenvalue weighted by Crippen LogP contribution is 2.19. The van der Waals surface area contributed by atoms with Crippen molar-refractivity contribution in [3.05, 3.63) is 48.2 Å². The van der Waals surface area contributed by atoms with E-state index in [4.69, 9.17) is 5.73 Å². The summed E-state index contributed by atoms with van der Waals surface area (Å²) in [5, 5.41) is 3.59. The molecule has 2 aromatic rings. The van der Waals surface area contributed by atoms with Gasteiger partial charge >= 0.3 is 0 Å². The molecule has 0 aliphatic heterocycles. The number of para-hydroxylation sites is 1. The van der Waals surface area contributed by atoms with Crippen molar-refractivity contribution in [1.29, 1.82) is 0 Å². The van der Waals surface area contributed by atoms with Crippen LogP contribution in [0, 0.1) is 0 Å². The number of nitrogens with two attached hydrogens (primary N) is 1. The molecule has 0 radical (unpaired) electrons. The number of nitrogen functional groups attached to an aromatic ring is 1. The van der Waals surface area contributed by atoms with Crippen molar-refractivity contribution < 1.29 is 4.79 Å². The molecule has 3 N–H and O–H groups in total. The molecule has 1 amide bonds. The third kappa shape index (κ3) is 2.48. The lowest BCUT2D eigenvalue weighted by Crippen LogP contribution is -2.25. The smallest absolute Gasteiger partial charge is 0.270 e. The molecule has 0 unspecified atom stereocenters. The second-order valence-corrected chi connectivity index (χ2v) is 4.25. The fourth-order valence-corrected chi connectivity index (χ4v) is 1.64. The lowest BCUT2D eigenvalue weighted by molar-refractivity contribution is 0.0952. The summed E-state index contributed by atoms with van der Waals surface area (Å²) in [5.41, 5.74) is 8.40. The van der Waals surface area contributed by atoms with Gasteiger partial charge in [-0.1, -0.05) is 30.4 Å². The number of rotatable bonds is 3. The third-order valence-corrected chi connectivity index (χ3v) is 2.53. The molecule has 1 aromatic heterocycles. The van der Waals surface area contributed by atoms with Crippen LogP contribution in [-0.2, 0) is 0 Å². The molecule has 0 saturated heterocycles. The van der Waals surface area contributed by atoms with E-state index in [1.165, 1.54) is 0 Å². The van der Waals surface area contributed by atoms with Crippen LogP contribution in [0.25, 0.3) is 10.9 Å². The van der Waals surface area contributed by atoms with E-state index in [1.54, 1.807) is 6.07 Å². The maximum Gasteiger partial charge on any atom is 0.270 e. The summed E-state index contributed by atoms with van der Waals surface area (Å²) >= 11 is 0. The maximum atomic E-state index is 11.9. The van der Waals surface area contributed by atoms with Crippen LogP contribution < -0.4 is 11.1 Å². The molecule has 18 heavy (non-hydrogen) atoms. The zero-order valence-electron chi connectivity index (χ0n) is 10.2. The van der Waals surface area contributed by atoms with E-state index in [0.29, 0.717) is 17.9 Å². The summed E-state index contributed by atoms with van der Waals surface area (Å²) in [4.78, 5) is 16.2. The van der Waals surface area contributed by atoms with Crippen LogP contribution in [-0.4, -0.2) is 17.4 Å². The Morgan fingerprint density at radius 3 is 2.89 bits per heavy atom. The van der Waals surface area contributed by atoms with Gasteiger partial charge in [0.05, 0.1) is 5.52 Å². The van der Waals surface area contributed by atoms with Crippen molar-refractivity contribution in [1.82, 2.24) is 10.3 Å². The van der Waals surface area contributed by atoms with Gasteiger partial charge in [0.2, 0.25) is 0 Å². The molecule has 4 heteroatoms. The molecule has 1 aromatic carbocycles.